The summed E-state index contributed by atoms with van der Waals surface area (Å²) in [6.07, 6.45) is 1.86. The summed E-state index contributed by atoms with van der Waals surface area (Å²) in [4.78, 5) is 4.24. The molecule has 1 atom stereocenters. The highest BCUT2D eigenvalue weighted by molar-refractivity contribution is 14.1. The average molecular weight is 339 g/mol. The Bertz CT molecular complexity index is 479. The molecule has 0 radical (unpaired) electrons. The highest BCUT2D eigenvalue weighted by Gasteiger charge is 2.09. The molecule has 3 heteroatoms. The normalized spacial score (nSPS) is 12.4. The van der Waals surface area contributed by atoms with Crippen LogP contribution in [0.1, 0.15) is 22.9 Å². The van der Waals surface area contributed by atoms with E-state index in [2.05, 4.69) is 27.6 Å². The van der Waals surface area contributed by atoms with E-state index in [1.165, 1.54) is 3.57 Å². The quantitative estimate of drug-likeness (QED) is 0.871. The zero-order chi connectivity index (χ0) is 12.3. The lowest BCUT2D eigenvalue weighted by Crippen LogP contribution is -2.04. The van der Waals surface area contributed by atoms with Crippen LogP contribution in [0.3, 0.4) is 0 Å². The van der Waals surface area contributed by atoms with Crippen LogP contribution in [-0.2, 0) is 6.42 Å². The third kappa shape index (κ3) is 3.51. The maximum Gasteiger partial charge on any atom is 0.0999 e. The van der Waals surface area contributed by atoms with E-state index >= 15 is 0 Å². The Morgan fingerprint density at radius 3 is 2.47 bits per heavy atom. The number of aromatic nitrogens is 1. The van der Waals surface area contributed by atoms with Gasteiger partial charge in [-0.25, -0.2) is 0 Å². The maximum absolute atomic E-state index is 10.1. The molecule has 0 saturated heterocycles. The van der Waals surface area contributed by atoms with Gasteiger partial charge in [-0.1, -0.05) is 18.2 Å². The predicted molar refractivity (Wildman–Crippen MR) is 76.8 cm³/mol. The van der Waals surface area contributed by atoms with E-state index in [9.17, 15) is 5.11 Å². The maximum atomic E-state index is 10.1. The van der Waals surface area contributed by atoms with Crippen LogP contribution in [0.25, 0.3) is 0 Å². The molecule has 17 heavy (non-hydrogen) atoms. The first-order chi connectivity index (χ1) is 8.15. The van der Waals surface area contributed by atoms with Crippen molar-refractivity contribution in [3.05, 3.63) is 63.0 Å². The summed E-state index contributed by atoms with van der Waals surface area (Å²) < 4.78 is 1.20. The molecule has 0 amide bonds. The third-order valence-electron chi connectivity index (χ3n) is 2.62. The predicted octanol–water partition coefficient (Wildman–Crippen LogP) is 3.27. The number of hydrogen-bond acceptors (Lipinski definition) is 2. The Morgan fingerprint density at radius 2 is 1.88 bits per heavy atom. The van der Waals surface area contributed by atoms with Gasteiger partial charge in [-0.2, -0.15) is 0 Å². The van der Waals surface area contributed by atoms with Crippen molar-refractivity contribution in [2.24, 2.45) is 0 Å². The molecular weight excluding hydrogens is 325 g/mol. The SMILES string of the molecule is Cc1ccc(C(O)Cc2ccc(I)cc2)nc1. The van der Waals surface area contributed by atoms with Gasteiger partial charge in [0.25, 0.3) is 0 Å². The van der Waals surface area contributed by atoms with E-state index in [4.69, 9.17) is 0 Å². The second kappa shape index (κ2) is 5.60. The van der Waals surface area contributed by atoms with E-state index in [0.717, 1.165) is 16.8 Å². The molecule has 1 N–H and O–H groups in total. The molecule has 2 aromatic rings. The fourth-order valence-electron chi connectivity index (χ4n) is 1.62. The van der Waals surface area contributed by atoms with Gasteiger partial charge in [0.1, 0.15) is 0 Å². The summed E-state index contributed by atoms with van der Waals surface area (Å²) in [5.41, 5.74) is 2.96. The molecule has 1 aromatic carbocycles. The molecule has 88 valence electrons. The number of aliphatic hydroxyl groups excluding tert-OH is 1. The summed E-state index contributed by atoms with van der Waals surface area (Å²) in [6, 6.07) is 12.0. The van der Waals surface area contributed by atoms with Gasteiger partial charge in [-0.3, -0.25) is 4.98 Å². The molecule has 0 aliphatic rings. The number of rotatable bonds is 3. The van der Waals surface area contributed by atoms with E-state index < -0.39 is 6.10 Å². The van der Waals surface area contributed by atoms with E-state index in [1.54, 1.807) is 6.20 Å². The first kappa shape index (κ1) is 12.5. The summed E-state index contributed by atoms with van der Waals surface area (Å²) >= 11 is 2.27. The van der Waals surface area contributed by atoms with Crippen LogP contribution < -0.4 is 0 Å². The van der Waals surface area contributed by atoms with Crippen LogP contribution in [0.4, 0.5) is 0 Å². The number of nitrogens with zero attached hydrogens (tertiary/aromatic N) is 1. The number of pyridine rings is 1. The Hall–Kier alpha value is -0.940. The largest absolute Gasteiger partial charge is 0.386 e. The fraction of sp³-hybridized carbons (Fsp3) is 0.214. The molecule has 0 aliphatic heterocycles. The van der Waals surface area contributed by atoms with Crippen molar-refractivity contribution >= 4 is 22.6 Å². The van der Waals surface area contributed by atoms with Gasteiger partial charge in [0, 0.05) is 16.2 Å². The monoisotopic (exact) mass is 339 g/mol. The lowest BCUT2D eigenvalue weighted by Gasteiger charge is -2.10. The molecule has 0 aliphatic carbocycles. The highest BCUT2D eigenvalue weighted by Crippen LogP contribution is 2.17. The van der Waals surface area contributed by atoms with Crippen LogP contribution in [0.5, 0.6) is 0 Å². The van der Waals surface area contributed by atoms with Crippen molar-refractivity contribution in [3.8, 4) is 0 Å². The molecule has 0 saturated carbocycles. The summed E-state index contributed by atoms with van der Waals surface area (Å²) in [5, 5.41) is 10.1. The lowest BCUT2D eigenvalue weighted by molar-refractivity contribution is 0.173. The number of hydrogen-bond donors (Lipinski definition) is 1. The number of aliphatic hydroxyl groups is 1. The Labute approximate surface area is 115 Å². The molecule has 0 spiro atoms. The first-order valence-electron chi connectivity index (χ1n) is 5.50. The molecule has 0 fully saturated rings. The smallest absolute Gasteiger partial charge is 0.0999 e. The van der Waals surface area contributed by atoms with Crippen molar-refractivity contribution in [1.29, 1.82) is 0 Å². The van der Waals surface area contributed by atoms with Crippen LogP contribution in [0.15, 0.2) is 42.6 Å². The van der Waals surface area contributed by atoms with Gasteiger partial charge < -0.3 is 5.11 Å². The molecule has 2 nitrogen and oxygen atoms in total. The number of aryl methyl sites for hydroxylation is 1. The molecular formula is C14H14INO. The van der Waals surface area contributed by atoms with Gasteiger partial charge >= 0.3 is 0 Å². The topological polar surface area (TPSA) is 33.1 Å². The Morgan fingerprint density at radius 1 is 1.18 bits per heavy atom. The summed E-state index contributed by atoms with van der Waals surface area (Å²) in [7, 11) is 0. The third-order valence-corrected chi connectivity index (χ3v) is 3.34. The molecule has 0 bridgehead atoms. The van der Waals surface area contributed by atoms with Crippen molar-refractivity contribution < 1.29 is 5.11 Å². The van der Waals surface area contributed by atoms with E-state index in [0.29, 0.717) is 6.42 Å². The van der Waals surface area contributed by atoms with Crippen molar-refractivity contribution in [2.75, 3.05) is 0 Å². The standard InChI is InChI=1S/C14H14INO/c1-10-2-7-13(16-9-10)14(17)8-11-3-5-12(15)6-4-11/h2-7,9,14,17H,8H2,1H3. The van der Waals surface area contributed by atoms with E-state index in [1.807, 2.05) is 43.3 Å². The number of halogens is 1. The lowest BCUT2D eigenvalue weighted by atomic mass is 10.1. The minimum absolute atomic E-state index is 0.532. The molecule has 1 aromatic heterocycles. The fourth-order valence-corrected chi connectivity index (χ4v) is 1.98. The zero-order valence-electron chi connectivity index (χ0n) is 9.60. The molecule has 1 unspecified atom stereocenters. The minimum atomic E-state index is -0.532. The second-order valence-electron chi connectivity index (χ2n) is 4.11. The van der Waals surface area contributed by atoms with Crippen LogP contribution in [0.2, 0.25) is 0 Å². The van der Waals surface area contributed by atoms with Crippen molar-refractivity contribution in [2.45, 2.75) is 19.4 Å². The minimum Gasteiger partial charge on any atom is -0.386 e. The molecule has 2 rings (SSSR count). The van der Waals surface area contributed by atoms with Gasteiger partial charge in [-0.05, 0) is 58.8 Å². The van der Waals surface area contributed by atoms with Crippen molar-refractivity contribution in [1.82, 2.24) is 4.98 Å². The second-order valence-corrected chi connectivity index (χ2v) is 5.35. The summed E-state index contributed by atoms with van der Waals surface area (Å²) in [6.45, 7) is 1.99. The first-order valence-corrected chi connectivity index (χ1v) is 6.58. The summed E-state index contributed by atoms with van der Waals surface area (Å²) in [5.74, 6) is 0. The van der Waals surface area contributed by atoms with Gasteiger partial charge in [0.15, 0.2) is 0 Å². The molecule has 1 heterocycles. The zero-order valence-corrected chi connectivity index (χ0v) is 11.8. The van der Waals surface area contributed by atoms with E-state index in [-0.39, 0.29) is 0 Å². The Kier molecular flexibility index (Phi) is 4.12. The van der Waals surface area contributed by atoms with Gasteiger partial charge in [0.2, 0.25) is 0 Å². The van der Waals surface area contributed by atoms with Crippen LogP contribution in [0, 0.1) is 10.5 Å². The van der Waals surface area contributed by atoms with Gasteiger partial charge in [-0.15, -0.1) is 0 Å². The van der Waals surface area contributed by atoms with Crippen molar-refractivity contribution in [3.63, 3.8) is 0 Å². The highest BCUT2D eigenvalue weighted by atomic mass is 127. The van der Waals surface area contributed by atoms with Gasteiger partial charge in [0.05, 0.1) is 11.8 Å². The van der Waals surface area contributed by atoms with Crippen LogP contribution in [-0.4, -0.2) is 10.1 Å². The number of benzene rings is 1. The Balaban J connectivity index is 2.08. The average Bonchev–Trinajstić information content (AvgIpc) is 2.33. The van der Waals surface area contributed by atoms with Crippen LogP contribution >= 0.6 is 22.6 Å².